The van der Waals surface area contributed by atoms with Crippen LogP contribution in [-0.2, 0) is 14.8 Å². The standard InChI is InChI=1S/C19H22ClN3O6S/c1-4-21(5-2)19(24)13-22(14-6-8-15(29-3)9-7-14)30(27,28)16-10-11-17(20)18(12-16)23(25)26/h6-12H,4-5,13H2,1-3H3. The molecule has 0 atom stereocenters. The van der Waals surface area contributed by atoms with Gasteiger partial charge in [0.1, 0.15) is 17.3 Å². The number of halogens is 1. The molecule has 0 bridgehead atoms. The van der Waals surface area contributed by atoms with E-state index in [2.05, 4.69) is 0 Å². The first-order chi connectivity index (χ1) is 14.1. The van der Waals surface area contributed by atoms with Crippen molar-refractivity contribution in [3.63, 3.8) is 0 Å². The number of carbonyl (C=O) groups excluding carboxylic acids is 1. The zero-order valence-corrected chi connectivity index (χ0v) is 18.3. The average molecular weight is 456 g/mol. The fourth-order valence-electron chi connectivity index (χ4n) is 2.78. The van der Waals surface area contributed by atoms with Gasteiger partial charge in [0.25, 0.3) is 15.7 Å². The Kier molecular flexibility index (Phi) is 7.63. The Hall–Kier alpha value is -2.85. The highest BCUT2D eigenvalue weighted by Gasteiger charge is 2.30. The van der Waals surface area contributed by atoms with Crippen LogP contribution in [0, 0.1) is 10.1 Å². The number of nitrogens with zero attached hydrogens (tertiary/aromatic N) is 3. The van der Waals surface area contributed by atoms with Crippen LogP contribution >= 0.6 is 11.6 Å². The number of carbonyl (C=O) groups is 1. The zero-order chi connectivity index (χ0) is 22.5. The number of ether oxygens (including phenoxy) is 1. The Morgan fingerprint density at radius 1 is 1.13 bits per heavy atom. The summed E-state index contributed by atoms with van der Waals surface area (Å²) >= 11 is 5.81. The molecule has 2 rings (SSSR count). The van der Waals surface area contributed by atoms with Gasteiger partial charge >= 0.3 is 0 Å². The van der Waals surface area contributed by atoms with E-state index in [1.54, 1.807) is 26.0 Å². The molecule has 0 saturated heterocycles. The van der Waals surface area contributed by atoms with Crippen molar-refractivity contribution in [3.05, 3.63) is 57.6 Å². The van der Waals surface area contributed by atoms with E-state index >= 15 is 0 Å². The van der Waals surface area contributed by atoms with Crippen molar-refractivity contribution < 1.29 is 22.9 Å². The topological polar surface area (TPSA) is 110 Å². The lowest BCUT2D eigenvalue weighted by atomic mass is 10.3. The monoisotopic (exact) mass is 455 g/mol. The van der Waals surface area contributed by atoms with Crippen molar-refractivity contribution in [1.82, 2.24) is 4.90 Å². The lowest BCUT2D eigenvalue weighted by Crippen LogP contribution is -2.43. The second-order valence-corrected chi connectivity index (χ2v) is 8.42. The molecule has 0 spiro atoms. The first kappa shape index (κ1) is 23.4. The quantitative estimate of drug-likeness (QED) is 0.423. The fourth-order valence-corrected chi connectivity index (χ4v) is 4.40. The van der Waals surface area contributed by atoms with E-state index in [0.29, 0.717) is 18.8 Å². The summed E-state index contributed by atoms with van der Waals surface area (Å²) in [5.41, 5.74) is -0.323. The Labute approximate surface area is 180 Å². The van der Waals surface area contributed by atoms with Crippen LogP contribution in [0.15, 0.2) is 47.4 Å². The lowest BCUT2D eigenvalue weighted by molar-refractivity contribution is -0.384. The van der Waals surface area contributed by atoms with Crippen molar-refractivity contribution in [1.29, 1.82) is 0 Å². The molecule has 9 nitrogen and oxygen atoms in total. The molecular weight excluding hydrogens is 434 g/mol. The number of nitro groups is 1. The predicted octanol–water partition coefficient (Wildman–Crippen LogP) is 3.32. The van der Waals surface area contributed by atoms with Crippen molar-refractivity contribution >= 4 is 38.9 Å². The maximum Gasteiger partial charge on any atom is 0.289 e. The van der Waals surface area contributed by atoms with Gasteiger partial charge in [-0.3, -0.25) is 19.2 Å². The molecule has 0 aromatic heterocycles. The molecule has 30 heavy (non-hydrogen) atoms. The molecule has 1 amide bonds. The van der Waals surface area contributed by atoms with Crippen molar-refractivity contribution in [2.24, 2.45) is 0 Å². The summed E-state index contributed by atoms with van der Waals surface area (Å²) in [5.74, 6) is 0.108. The average Bonchev–Trinajstić information content (AvgIpc) is 2.72. The Bertz CT molecular complexity index is 1020. The van der Waals surface area contributed by atoms with Crippen molar-refractivity contribution in [3.8, 4) is 5.75 Å². The minimum atomic E-state index is -4.31. The smallest absolute Gasteiger partial charge is 0.289 e. The number of hydrogen-bond donors (Lipinski definition) is 0. The third kappa shape index (κ3) is 5.00. The second-order valence-electron chi connectivity index (χ2n) is 6.15. The van der Waals surface area contributed by atoms with Gasteiger partial charge in [0, 0.05) is 19.2 Å². The van der Waals surface area contributed by atoms with Gasteiger partial charge < -0.3 is 9.64 Å². The van der Waals surface area contributed by atoms with E-state index in [9.17, 15) is 23.3 Å². The van der Waals surface area contributed by atoms with Crippen LogP contribution in [0.4, 0.5) is 11.4 Å². The van der Waals surface area contributed by atoms with Crippen LogP contribution in [-0.4, -0.2) is 50.9 Å². The lowest BCUT2D eigenvalue weighted by Gasteiger charge is -2.27. The summed E-state index contributed by atoms with van der Waals surface area (Å²) < 4.78 is 32.7. The molecule has 2 aromatic carbocycles. The van der Waals surface area contributed by atoms with E-state index in [-0.39, 0.29) is 15.6 Å². The SMILES string of the molecule is CCN(CC)C(=O)CN(c1ccc(OC)cc1)S(=O)(=O)c1ccc(Cl)c([N+](=O)[O-])c1. The molecule has 0 radical (unpaired) electrons. The molecule has 162 valence electrons. The third-order valence-electron chi connectivity index (χ3n) is 4.46. The molecule has 0 aliphatic carbocycles. The summed E-state index contributed by atoms with van der Waals surface area (Å²) in [6.07, 6.45) is 0. The molecule has 0 unspecified atom stereocenters. The summed E-state index contributed by atoms with van der Waals surface area (Å²) in [6, 6.07) is 9.31. The van der Waals surface area contributed by atoms with E-state index in [1.807, 2.05) is 0 Å². The second kappa shape index (κ2) is 9.77. The number of methoxy groups -OCH3 is 1. The van der Waals surface area contributed by atoms with Crippen LogP contribution in [0.25, 0.3) is 0 Å². The number of rotatable bonds is 9. The maximum atomic E-state index is 13.4. The summed E-state index contributed by atoms with van der Waals surface area (Å²) in [5, 5.41) is 11.0. The third-order valence-corrected chi connectivity index (χ3v) is 6.55. The first-order valence-corrected chi connectivity index (χ1v) is 10.9. The van der Waals surface area contributed by atoms with Crippen LogP contribution in [0.2, 0.25) is 5.02 Å². The van der Waals surface area contributed by atoms with E-state index in [0.717, 1.165) is 16.4 Å². The first-order valence-electron chi connectivity index (χ1n) is 9.04. The van der Waals surface area contributed by atoms with E-state index < -0.39 is 33.1 Å². The van der Waals surface area contributed by atoms with Gasteiger partial charge in [0.2, 0.25) is 5.91 Å². The number of anilines is 1. The molecule has 0 N–H and O–H groups in total. The van der Waals surface area contributed by atoms with Crippen LogP contribution < -0.4 is 9.04 Å². The highest BCUT2D eigenvalue weighted by Crippen LogP contribution is 2.31. The molecule has 11 heteroatoms. The molecular formula is C19H22ClN3O6S. The number of hydrogen-bond acceptors (Lipinski definition) is 6. The molecule has 0 saturated carbocycles. The van der Waals surface area contributed by atoms with Gasteiger partial charge in [-0.15, -0.1) is 0 Å². The van der Waals surface area contributed by atoms with Crippen molar-refractivity contribution in [2.45, 2.75) is 18.7 Å². The number of sulfonamides is 1. The fraction of sp³-hybridized carbons (Fsp3) is 0.316. The number of nitro benzene ring substituents is 1. The van der Waals surface area contributed by atoms with Gasteiger partial charge in [-0.2, -0.15) is 0 Å². The Morgan fingerprint density at radius 3 is 2.23 bits per heavy atom. The minimum absolute atomic E-state index is 0.186. The molecule has 0 fully saturated rings. The summed E-state index contributed by atoms with van der Waals surface area (Å²) in [4.78, 5) is 24.3. The Balaban J connectivity index is 2.57. The van der Waals surface area contributed by atoms with Gasteiger partial charge in [-0.05, 0) is 50.2 Å². The molecule has 0 heterocycles. The predicted molar refractivity (Wildman–Crippen MR) is 114 cm³/mol. The summed E-state index contributed by atoms with van der Waals surface area (Å²) in [6.45, 7) is 3.94. The zero-order valence-electron chi connectivity index (χ0n) is 16.7. The van der Waals surface area contributed by atoms with Gasteiger partial charge in [0.05, 0.1) is 22.6 Å². The summed E-state index contributed by atoms with van der Waals surface area (Å²) in [7, 11) is -2.84. The molecule has 0 aliphatic rings. The molecule has 2 aromatic rings. The number of amides is 1. The minimum Gasteiger partial charge on any atom is -0.497 e. The Morgan fingerprint density at radius 2 is 1.73 bits per heavy atom. The largest absolute Gasteiger partial charge is 0.497 e. The van der Waals surface area contributed by atoms with E-state index in [1.165, 1.54) is 30.2 Å². The normalized spacial score (nSPS) is 11.1. The van der Waals surface area contributed by atoms with Crippen LogP contribution in [0.1, 0.15) is 13.8 Å². The number of benzene rings is 2. The highest BCUT2D eigenvalue weighted by atomic mass is 35.5. The highest BCUT2D eigenvalue weighted by molar-refractivity contribution is 7.92. The van der Waals surface area contributed by atoms with Crippen LogP contribution in [0.5, 0.6) is 5.75 Å². The number of likely N-dealkylation sites (N-methyl/N-ethyl adjacent to an activating group) is 1. The van der Waals surface area contributed by atoms with Crippen LogP contribution in [0.3, 0.4) is 0 Å². The van der Waals surface area contributed by atoms with E-state index in [4.69, 9.17) is 16.3 Å². The maximum absolute atomic E-state index is 13.4. The molecule has 0 aliphatic heterocycles. The van der Waals surface area contributed by atoms with Crippen molar-refractivity contribution in [2.75, 3.05) is 31.0 Å². The van der Waals surface area contributed by atoms with Gasteiger partial charge in [0.15, 0.2) is 0 Å². The van der Waals surface area contributed by atoms with Gasteiger partial charge in [-0.25, -0.2) is 8.42 Å². The van der Waals surface area contributed by atoms with Gasteiger partial charge in [-0.1, -0.05) is 11.6 Å².